The Morgan fingerprint density at radius 1 is 1.75 bits per heavy atom. The Morgan fingerprint density at radius 3 is 3.19 bits per heavy atom. The van der Waals surface area contributed by atoms with E-state index < -0.39 is 5.60 Å². The SMILES string of the molecule is COCCn1ncc(Cl)c1C1(O)CCNC1. The van der Waals surface area contributed by atoms with Gasteiger partial charge in [0.05, 0.1) is 30.1 Å². The molecule has 1 saturated heterocycles. The topological polar surface area (TPSA) is 59.3 Å². The van der Waals surface area contributed by atoms with E-state index >= 15 is 0 Å². The minimum absolute atomic E-state index is 0.516. The standard InChI is InChI=1S/C10H16ClN3O2/c1-16-5-4-14-9(8(11)6-13-14)10(15)2-3-12-7-10/h6,12,15H,2-5,7H2,1H3. The molecule has 1 aliphatic rings. The van der Waals surface area contributed by atoms with Crippen molar-refractivity contribution < 1.29 is 9.84 Å². The number of hydrogen-bond acceptors (Lipinski definition) is 4. The van der Waals surface area contributed by atoms with E-state index in [9.17, 15) is 5.11 Å². The summed E-state index contributed by atoms with van der Waals surface area (Å²) < 4.78 is 6.73. The summed E-state index contributed by atoms with van der Waals surface area (Å²) in [5, 5.41) is 18.3. The van der Waals surface area contributed by atoms with Gasteiger partial charge in [0.25, 0.3) is 0 Å². The van der Waals surface area contributed by atoms with E-state index in [4.69, 9.17) is 16.3 Å². The lowest BCUT2D eigenvalue weighted by Gasteiger charge is -2.23. The first-order valence-corrected chi connectivity index (χ1v) is 5.69. The van der Waals surface area contributed by atoms with Crippen LogP contribution in [0.5, 0.6) is 0 Å². The maximum atomic E-state index is 10.5. The van der Waals surface area contributed by atoms with E-state index in [1.165, 1.54) is 0 Å². The Labute approximate surface area is 99.3 Å². The van der Waals surface area contributed by atoms with Crippen molar-refractivity contribution in [3.05, 3.63) is 16.9 Å². The molecule has 1 atom stereocenters. The number of halogens is 1. The first-order valence-electron chi connectivity index (χ1n) is 5.31. The highest BCUT2D eigenvalue weighted by Gasteiger charge is 2.38. The summed E-state index contributed by atoms with van der Waals surface area (Å²) in [6.07, 6.45) is 2.23. The highest BCUT2D eigenvalue weighted by molar-refractivity contribution is 6.31. The average molecular weight is 246 g/mol. The molecule has 90 valence electrons. The van der Waals surface area contributed by atoms with Gasteiger partial charge in [-0.3, -0.25) is 4.68 Å². The molecule has 1 unspecified atom stereocenters. The third-order valence-corrected chi connectivity index (χ3v) is 3.15. The van der Waals surface area contributed by atoms with Crippen molar-refractivity contribution in [2.24, 2.45) is 0 Å². The summed E-state index contributed by atoms with van der Waals surface area (Å²) in [7, 11) is 1.64. The van der Waals surface area contributed by atoms with E-state index in [0.29, 0.717) is 36.8 Å². The Kier molecular flexibility index (Phi) is 3.49. The fourth-order valence-corrected chi connectivity index (χ4v) is 2.37. The monoisotopic (exact) mass is 245 g/mol. The van der Waals surface area contributed by atoms with Gasteiger partial charge in [-0.2, -0.15) is 5.10 Å². The second-order valence-corrected chi connectivity index (χ2v) is 4.42. The molecule has 0 aromatic carbocycles. The average Bonchev–Trinajstić information content (AvgIpc) is 2.83. The molecule has 0 bridgehead atoms. The van der Waals surface area contributed by atoms with Crippen molar-refractivity contribution >= 4 is 11.6 Å². The second kappa shape index (κ2) is 4.71. The van der Waals surface area contributed by atoms with Crippen molar-refractivity contribution in [1.82, 2.24) is 15.1 Å². The van der Waals surface area contributed by atoms with Crippen molar-refractivity contribution in [1.29, 1.82) is 0 Å². The number of rotatable bonds is 4. The number of ether oxygens (including phenoxy) is 1. The number of methoxy groups -OCH3 is 1. The molecule has 0 amide bonds. The van der Waals surface area contributed by atoms with E-state index in [-0.39, 0.29) is 0 Å². The van der Waals surface area contributed by atoms with Crippen molar-refractivity contribution in [3.8, 4) is 0 Å². The van der Waals surface area contributed by atoms with Crippen LogP contribution in [0, 0.1) is 0 Å². The zero-order valence-corrected chi connectivity index (χ0v) is 10.00. The smallest absolute Gasteiger partial charge is 0.121 e. The van der Waals surface area contributed by atoms with Crippen molar-refractivity contribution in [3.63, 3.8) is 0 Å². The van der Waals surface area contributed by atoms with Gasteiger partial charge < -0.3 is 15.2 Å². The molecule has 2 rings (SSSR count). The van der Waals surface area contributed by atoms with Crippen LogP contribution in [-0.2, 0) is 16.9 Å². The lowest BCUT2D eigenvalue weighted by atomic mass is 9.99. The third kappa shape index (κ3) is 2.08. The summed E-state index contributed by atoms with van der Waals surface area (Å²) in [4.78, 5) is 0. The quantitative estimate of drug-likeness (QED) is 0.805. The molecular formula is C10H16ClN3O2. The summed E-state index contributed by atoms with van der Waals surface area (Å²) in [5.74, 6) is 0. The molecule has 2 heterocycles. The van der Waals surface area contributed by atoms with Crippen LogP contribution in [0.2, 0.25) is 5.02 Å². The predicted molar refractivity (Wildman–Crippen MR) is 60.5 cm³/mol. The number of nitrogens with one attached hydrogen (secondary N) is 1. The van der Waals surface area contributed by atoms with Crippen LogP contribution >= 0.6 is 11.6 Å². The second-order valence-electron chi connectivity index (χ2n) is 4.02. The number of hydrogen-bond donors (Lipinski definition) is 2. The molecular weight excluding hydrogens is 230 g/mol. The number of nitrogens with zero attached hydrogens (tertiary/aromatic N) is 2. The van der Waals surface area contributed by atoms with Gasteiger partial charge in [0.1, 0.15) is 5.60 Å². The van der Waals surface area contributed by atoms with Gasteiger partial charge in [-0.1, -0.05) is 11.6 Å². The summed E-state index contributed by atoms with van der Waals surface area (Å²) >= 11 is 6.08. The summed E-state index contributed by atoms with van der Waals surface area (Å²) in [5.41, 5.74) is -0.211. The Hall–Kier alpha value is -0.620. The lowest BCUT2D eigenvalue weighted by Crippen LogP contribution is -2.32. The van der Waals surface area contributed by atoms with E-state index in [2.05, 4.69) is 10.4 Å². The predicted octanol–water partition coefficient (Wildman–Crippen LogP) is 0.364. The first-order chi connectivity index (χ1) is 7.67. The molecule has 6 heteroatoms. The molecule has 0 saturated carbocycles. The van der Waals surface area contributed by atoms with Gasteiger partial charge in [-0.05, 0) is 13.0 Å². The molecule has 2 N–H and O–H groups in total. The van der Waals surface area contributed by atoms with Crippen LogP contribution < -0.4 is 5.32 Å². The Morgan fingerprint density at radius 2 is 2.56 bits per heavy atom. The van der Waals surface area contributed by atoms with Gasteiger partial charge in [0.2, 0.25) is 0 Å². The molecule has 1 aromatic rings. The van der Waals surface area contributed by atoms with Crippen molar-refractivity contribution in [2.45, 2.75) is 18.6 Å². The number of β-amino-alcohol motifs (C(OH)–C–C–N with tert-alkyl or cyclic N) is 1. The number of aromatic nitrogens is 2. The van der Waals surface area contributed by atoms with E-state index in [1.807, 2.05) is 0 Å². The molecule has 0 radical (unpaired) electrons. The zero-order chi connectivity index (χ0) is 11.6. The normalized spacial score (nSPS) is 25.2. The maximum Gasteiger partial charge on any atom is 0.121 e. The zero-order valence-electron chi connectivity index (χ0n) is 9.24. The van der Waals surface area contributed by atoms with E-state index in [1.54, 1.807) is 18.0 Å². The van der Waals surface area contributed by atoms with Crippen LogP contribution in [-0.4, -0.2) is 41.7 Å². The minimum atomic E-state index is -0.901. The Balaban J connectivity index is 2.27. The van der Waals surface area contributed by atoms with Crippen molar-refractivity contribution in [2.75, 3.05) is 26.8 Å². The highest BCUT2D eigenvalue weighted by Crippen LogP contribution is 2.32. The van der Waals surface area contributed by atoms with Gasteiger partial charge in [0.15, 0.2) is 0 Å². The molecule has 0 spiro atoms. The van der Waals surface area contributed by atoms with E-state index in [0.717, 1.165) is 6.54 Å². The fourth-order valence-electron chi connectivity index (χ4n) is 2.05. The summed E-state index contributed by atoms with van der Waals surface area (Å²) in [6, 6.07) is 0. The van der Waals surface area contributed by atoms with Gasteiger partial charge >= 0.3 is 0 Å². The molecule has 1 aromatic heterocycles. The first kappa shape index (κ1) is 11.9. The van der Waals surface area contributed by atoms with Gasteiger partial charge in [0, 0.05) is 13.7 Å². The summed E-state index contributed by atoms with van der Waals surface area (Å²) in [6.45, 7) is 2.46. The molecule has 5 nitrogen and oxygen atoms in total. The molecule has 16 heavy (non-hydrogen) atoms. The Bertz CT molecular complexity index is 361. The van der Waals surface area contributed by atoms with Gasteiger partial charge in [-0.15, -0.1) is 0 Å². The molecule has 0 aliphatic carbocycles. The minimum Gasteiger partial charge on any atom is -0.383 e. The molecule has 1 fully saturated rings. The highest BCUT2D eigenvalue weighted by atomic mass is 35.5. The molecule has 1 aliphatic heterocycles. The van der Waals surface area contributed by atoms with Crippen LogP contribution in [0.1, 0.15) is 12.1 Å². The van der Waals surface area contributed by atoms with Gasteiger partial charge in [-0.25, -0.2) is 0 Å². The van der Waals surface area contributed by atoms with Crippen LogP contribution in [0.4, 0.5) is 0 Å². The number of aliphatic hydroxyl groups is 1. The van der Waals surface area contributed by atoms with Crippen LogP contribution in [0.3, 0.4) is 0 Å². The fraction of sp³-hybridized carbons (Fsp3) is 0.700. The lowest BCUT2D eigenvalue weighted by molar-refractivity contribution is 0.0472. The third-order valence-electron chi connectivity index (χ3n) is 2.88. The van der Waals surface area contributed by atoms with Crippen LogP contribution in [0.15, 0.2) is 6.20 Å². The largest absolute Gasteiger partial charge is 0.383 e. The maximum absolute atomic E-state index is 10.5. The van der Waals surface area contributed by atoms with Crippen LogP contribution in [0.25, 0.3) is 0 Å².